The summed E-state index contributed by atoms with van der Waals surface area (Å²) in [5.74, 6) is -0.682. The van der Waals surface area contributed by atoms with Crippen LogP contribution >= 0.6 is 15.9 Å². The van der Waals surface area contributed by atoms with Gasteiger partial charge in [-0.1, -0.05) is 6.92 Å². The molecule has 0 spiro atoms. The molecule has 104 valence electrons. The van der Waals surface area contributed by atoms with E-state index in [2.05, 4.69) is 20.9 Å². The van der Waals surface area contributed by atoms with E-state index in [0.29, 0.717) is 23.3 Å². The maximum atomic E-state index is 12.3. The molecule has 0 fully saturated rings. The summed E-state index contributed by atoms with van der Waals surface area (Å²) < 4.78 is 5.49. The maximum Gasteiger partial charge on any atom is 0.325 e. The van der Waals surface area contributed by atoms with Crippen LogP contribution in [0.1, 0.15) is 30.8 Å². The number of halogens is 1. The van der Waals surface area contributed by atoms with E-state index in [1.807, 2.05) is 6.92 Å². The second kappa shape index (κ2) is 7.89. The van der Waals surface area contributed by atoms with Crippen molar-refractivity contribution >= 4 is 27.8 Å². The van der Waals surface area contributed by atoms with E-state index in [-0.39, 0.29) is 12.5 Å². The summed E-state index contributed by atoms with van der Waals surface area (Å²) >= 11 is 3.29. The van der Waals surface area contributed by atoms with E-state index in [1.54, 1.807) is 25.3 Å². The second-order valence-corrected chi connectivity index (χ2v) is 4.72. The Labute approximate surface area is 121 Å². The van der Waals surface area contributed by atoms with Crippen molar-refractivity contribution in [1.29, 1.82) is 0 Å². The zero-order valence-corrected chi connectivity index (χ0v) is 12.6. The lowest BCUT2D eigenvalue weighted by atomic mass is 10.3. The smallest absolute Gasteiger partial charge is 0.325 e. The number of esters is 1. The van der Waals surface area contributed by atoms with Crippen LogP contribution in [-0.4, -0.2) is 41.5 Å². The number of nitrogens with zero attached hydrogens (tertiary/aromatic N) is 2. The number of pyridine rings is 1. The first kappa shape index (κ1) is 15.6. The first-order chi connectivity index (χ1) is 9.10. The predicted molar refractivity (Wildman–Crippen MR) is 74.8 cm³/mol. The molecule has 1 amide bonds. The van der Waals surface area contributed by atoms with Crippen molar-refractivity contribution in [3.05, 3.63) is 28.5 Å². The molecule has 0 aliphatic carbocycles. The van der Waals surface area contributed by atoms with Gasteiger partial charge in [-0.15, -0.1) is 0 Å². The molecular weight excluding hydrogens is 312 g/mol. The minimum Gasteiger partial charge on any atom is -0.465 e. The third kappa shape index (κ3) is 4.63. The Morgan fingerprint density at radius 2 is 2.16 bits per heavy atom. The van der Waals surface area contributed by atoms with Crippen molar-refractivity contribution in [3.63, 3.8) is 0 Å². The van der Waals surface area contributed by atoms with Crippen molar-refractivity contribution in [2.24, 2.45) is 0 Å². The van der Waals surface area contributed by atoms with Gasteiger partial charge in [0.05, 0.1) is 6.61 Å². The predicted octanol–water partition coefficient (Wildman–Crippen LogP) is 2.26. The normalized spacial score (nSPS) is 10.1. The third-order valence-electron chi connectivity index (χ3n) is 2.37. The maximum absolute atomic E-state index is 12.3. The van der Waals surface area contributed by atoms with Gasteiger partial charge < -0.3 is 9.64 Å². The number of rotatable bonds is 6. The lowest BCUT2D eigenvalue weighted by molar-refractivity contribution is -0.143. The molecule has 1 aromatic heterocycles. The molecule has 0 saturated heterocycles. The van der Waals surface area contributed by atoms with Crippen LogP contribution in [0.25, 0.3) is 0 Å². The highest BCUT2D eigenvalue weighted by Gasteiger charge is 2.21. The first-order valence-corrected chi connectivity index (χ1v) is 6.94. The summed E-state index contributed by atoms with van der Waals surface area (Å²) in [6.45, 7) is 4.42. The molecule has 0 bridgehead atoms. The number of amides is 1. The molecule has 0 radical (unpaired) electrons. The Bertz CT molecular complexity index is 451. The third-order valence-corrected chi connectivity index (χ3v) is 3.01. The van der Waals surface area contributed by atoms with Gasteiger partial charge in [0.1, 0.15) is 12.2 Å². The van der Waals surface area contributed by atoms with E-state index in [9.17, 15) is 9.59 Å². The highest BCUT2D eigenvalue weighted by molar-refractivity contribution is 9.10. The van der Waals surface area contributed by atoms with Crippen LogP contribution in [0.2, 0.25) is 0 Å². The first-order valence-electron chi connectivity index (χ1n) is 6.15. The monoisotopic (exact) mass is 328 g/mol. The molecule has 0 N–H and O–H groups in total. The molecule has 0 aliphatic heterocycles. The Balaban J connectivity index is 2.84. The average Bonchev–Trinajstić information content (AvgIpc) is 2.38. The Kier molecular flexibility index (Phi) is 6.49. The van der Waals surface area contributed by atoms with Crippen LogP contribution < -0.4 is 0 Å². The average molecular weight is 329 g/mol. The molecule has 0 aliphatic rings. The van der Waals surface area contributed by atoms with Gasteiger partial charge in [0, 0.05) is 17.2 Å². The summed E-state index contributed by atoms with van der Waals surface area (Å²) in [7, 11) is 0. The van der Waals surface area contributed by atoms with Gasteiger partial charge in [-0.3, -0.25) is 9.59 Å². The number of aromatic nitrogens is 1. The molecule has 1 rings (SSSR count). The van der Waals surface area contributed by atoms with E-state index in [1.165, 1.54) is 4.90 Å². The molecule has 0 unspecified atom stereocenters. The molecular formula is C13H17BrN2O3. The molecule has 0 atom stereocenters. The van der Waals surface area contributed by atoms with E-state index in [0.717, 1.165) is 6.42 Å². The molecule has 6 heteroatoms. The van der Waals surface area contributed by atoms with Crippen LogP contribution in [0, 0.1) is 0 Å². The van der Waals surface area contributed by atoms with Crippen molar-refractivity contribution in [3.8, 4) is 0 Å². The zero-order chi connectivity index (χ0) is 14.3. The van der Waals surface area contributed by atoms with Gasteiger partial charge >= 0.3 is 5.97 Å². The van der Waals surface area contributed by atoms with Crippen molar-refractivity contribution in [1.82, 2.24) is 9.88 Å². The minimum atomic E-state index is -0.406. The summed E-state index contributed by atoms with van der Waals surface area (Å²) in [4.78, 5) is 29.3. The quantitative estimate of drug-likeness (QED) is 0.751. The fraction of sp³-hybridized carbons (Fsp3) is 0.462. The van der Waals surface area contributed by atoms with Crippen molar-refractivity contribution < 1.29 is 14.3 Å². The highest BCUT2D eigenvalue weighted by Crippen LogP contribution is 2.15. The number of ether oxygens (including phenoxy) is 1. The Morgan fingerprint density at radius 1 is 1.42 bits per heavy atom. The topological polar surface area (TPSA) is 59.5 Å². The number of hydrogen-bond acceptors (Lipinski definition) is 4. The second-order valence-electron chi connectivity index (χ2n) is 3.87. The van der Waals surface area contributed by atoms with Gasteiger partial charge in [0.25, 0.3) is 5.91 Å². The minimum absolute atomic E-state index is 0.0521. The molecule has 19 heavy (non-hydrogen) atoms. The standard InChI is InChI=1S/C13H17BrN2O3/c1-3-8-16(9-11(17)19-4-2)13(18)12-10(14)6-5-7-15-12/h5-7H,3-4,8-9H2,1-2H3. The fourth-order valence-electron chi connectivity index (χ4n) is 1.58. The van der Waals surface area contributed by atoms with Crippen LogP contribution in [-0.2, 0) is 9.53 Å². The van der Waals surface area contributed by atoms with Gasteiger partial charge in [-0.25, -0.2) is 4.98 Å². The van der Waals surface area contributed by atoms with Gasteiger partial charge in [0.15, 0.2) is 0 Å². The summed E-state index contributed by atoms with van der Waals surface area (Å²) in [6, 6.07) is 3.48. The fourth-order valence-corrected chi connectivity index (χ4v) is 2.00. The summed E-state index contributed by atoms with van der Waals surface area (Å²) in [5.41, 5.74) is 0.306. The number of carbonyl (C=O) groups excluding carboxylic acids is 2. The molecule has 1 heterocycles. The SMILES string of the molecule is CCCN(CC(=O)OCC)C(=O)c1ncccc1Br. The van der Waals surface area contributed by atoms with Crippen LogP contribution in [0.4, 0.5) is 0 Å². The molecule has 0 saturated carbocycles. The van der Waals surface area contributed by atoms with E-state index < -0.39 is 5.97 Å². The Hall–Kier alpha value is -1.43. The lowest BCUT2D eigenvalue weighted by Gasteiger charge is -2.21. The largest absolute Gasteiger partial charge is 0.465 e. The van der Waals surface area contributed by atoms with Crippen LogP contribution in [0.15, 0.2) is 22.8 Å². The van der Waals surface area contributed by atoms with Crippen molar-refractivity contribution in [2.75, 3.05) is 19.7 Å². The molecule has 5 nitrogen and oxygen atoms in total. The van der Waals surface area contributed by atoms with Gasteiger partial charge in [-0.2, -0.15) is 0 Å². The number of carbonyl (C=O) groups is 2. The summed E-state index contributed by atoms with van der Waals surface area (Å²) in [6.07, 6.45) is 2.31. The Morgan fingerprint density at radius 3 is 2.74 bits per heavy atom. The molecule has 1 aromatic rings. The van der Waals surface area contributed by atoms with Gasteiger partial charge in [-0.05, 0) is 41.4 Å². The summed E-state index contributed by atoms with van der Waals surface area (Å²) in [5, 5.41) is 0. The highest BCUT2D eigenvalue weighted by atomic mass is 79.9. The van der Waals surface area contributed by atoms with Gasteiger partial charge in [0.2, 0.25) is 0 Å². The van der Waals surface area contributed by atoms with Crippen LogP contribution in [0.5, 0.6) is 0 Å². The number of hydrogen-bond donors (Lipinski definition) is 0. The lowest BCUT2D eigenvalue weighted by Crippen LogP contribution is -2.37. The van der Waals surface area contributed by atoms with E-state index >= 15 is 0 Å². The van der Waals surface area contributed by atoms with Crippen LogP contribution in [0.3, 0.4) is 0 Å². The van der Waals surface area contributed by atoms with Crippen molar-refractivity contribution in [2.45, 2.75) is 20.3 Å². The zero-order valence-electron chi connectivity index (χ0n) is 11.1. The van der Waals surface area contributed by atoms with E-state index in [4.69, 9.17) is 4.74 Å². The molecule has 0 aromatic carbocycles.